The van der Waals surface area contributed by atoms with E-state index >= 15 is 0 Å². The van der Waals surface area contributed by atoms with Crippen molar-refractivity contribution in [2.45, 2.75) is 31.2 Å². The summed E-state index contributed by atoms with van der Waals surface area (Å²) in [5.41, 5.74) is 3.65. The number of anilines is 1. The molecule has 1 amide bonds. The highest BCUT2D eigenvalue weighted by Gasteiger charge is 2.40. The number of carbonyl (C=O) groups excluding carboxylic acids is 1. The zero-order valence-electron chi connectivity index (χ0n) is 14.0. The molecule has 1 heterocycles. The number of aromatic nitrogens is 2. The summed E-state index contributed by atoms with van der Waals surface area (Å²) in [7, 11) is 0. The second-order valence-corrected chi connectivity index (χ2v) is 6.14. The van der Waals surface area contributed by atoms with Crippen molar-refractivity contribution in [2.75, 3.05) is 11.9 Å². The number of nitrogens with two attached hydrogens (primary N) is 1. The molecule has 0 fully saturated rings. The maximum Gasteiger partial charge on any atom is 0.423 e. The van der Waals surface area contributed by atoms with Gasteiger partial charge < -0.3 is 15.8 Å². The first-order valence-corrected chi connectivity index (χ1v) is 8.16. The Morgan fingerprint density at radius 3 is 2.81 bits per heavy atom. The molecule has 10 heteroatoms. The largest absolute Gasteiger partial charge is 0.423 e. The molecule has 0 spiro atoms. The first-order chi connectivity index (χ1) is 12.8. The molecular formula is C17H17F3N4O3. The van der Waals surface area contributed by atoms with Crippen molar-refractivity contribution in [3.05, 3.63) is 57.5 Å². The molecule has 0 saturated carbocycles. The fourth-order valence-corrected chi connectivity index (χ4v) is 3.15. The smallest absolute Gasteiger partial charge is 0.375 e. The van der Waals surface area contributed by atoms with Crippen molar-refractivity contribution in [3.63, 3.8) is 0 Å². The van der Waals surface area contributed by atoms with Crippen LogP contribution in [0.15, 0.2) is 35.3 Å². The number of carbonyl (C=O) groups is 1. The predicted octanol–water partition coefficient (Wildman–Crippen LogP) is 1.76. The molecule has 7 nitrogen and oxygen atoms in total. The van der Waals surface area contributed by atoms with Crippen molar-refractivity contribution in [2.24, 2.45) is 5.73 Å². The second kappa shape index (κ2) is 7.39. The second-order valence-electron chi connectivity index (χ2n) is 6.14. The van der Waals surface area contributed by atoms with Gasteiger partial charge in [-0.3, -0.25) is 9.59 Å². The Kier molecular flexibility index (Phi) is 5.17. The quantitative estimate of drug-likeness (QED) is 0.705. The Morgan fingerprint density at radius 1 is 1.37 bits per heavy atom. The molecule has 1 unspecified atom stereocenters. The highest BCUT2D eigenvalue weighted by molar-refractivity contribution is 5.73. The number of fused-ring (bicyclic) bond motifs is 1. The van der Waals surface area contributed by atoms with E-state index < -0.39 is 41.0 Å². The van der Waals surface area contributed by atoms with Crippen molar-refractivity contribution in [1.82, 2.24) is 10.2 Å². The average Bonchev–Trinajstić information content (AvgIpc) is 2.91. The molecule has 1 aromatic heterocycles. The first kappa shape index (κ1) is 18.9. The van der Waals surface area contributed by atoms with Crippen LogP contribution in [0.2, 0.25) is 0 Å². The van der Waals surface area contributed by atoms with Gasteiger partial charge in [-0.05, 0) is 11.1 Å². The van der Waals surface area contributed by atoms with Gasteiger partial charge in [0.2, 0.25) is 5.91 Å². The Labute approximate surface area is 151 Å². The normalized spacial score (nSPS) is 18.9. The lowest BCUT2D eigenvalue weighted by atomic mass is 10.1. The fourth-order valence-electron chi connectivity index (χ4n) is 3.15. The van der Waals surface area contributed by atoms with E-state index in [0.29, 0.717) is 6.42 Å². The number of amides is 1. The van der Waals surface area contributed by atoms with Crippen LogP contribution in [0.5, 0.6) is 0 Å². The van der Waals surface area contributed by atoms with E-state index in [1.165, 1.54) is 0 Å². The Morgan fingerprint density at radius 2 is 2.11 bits per heavy atom. The molecule has 1 aromatic carbocycles. The fraction of sp³-hybridized carbons (Fsp3) is 0.353. The Balaban J connectivity index is 1.92. The number of nitrogens with one attached hydrogen (secondary N) is 2. The maximum absolute atomic E-state index is 13.3. The van der Waals surface area contributed by atoms with Gasteiger partial charge in [-0.25, -0.2) is 5.10 Å². The molecule has 1 aliphatic rings. The van der Waals surface area contributed by atoms with Crippen molar-refractivity contribution in [1.29, 1.82) is 0 Å². The van der Waals surface area contributed by atoms with E-state index in [4.69, 9.17) is 10.5 Å². The minimum absolute atomic E-state index is 0.0000724. The van der Waals surface area contributed by atoms with E-state index in [2.05, 4.69) is 10.4 Å². The number of hydrogen-bond donors (Lipinski definition) is 3. The zero-order valence-corrected chi connectivity index (χ0v) is 14.0. The van der Waals surface area contributed by atoms with Crippen LogP contribution in [0, 0.1) is 0 Å². The first-order valence-electron chi connectivity index (χ1n) is 8.16. The van der Waals surface area contributed by atoms with Crippen LogP contribution < -0.4 is 16.6 Å². The summed E-state index contributed by atoms with van der Waals surface area (Å²) in [6.07, 6.45) is -4.00. The summed E-state index contributed by atoms with van der Waals surface area (Å²) in [6.45, 7) is 0.0475. The van der Waals surface area contributed by atoms with Gasteiger partial charge in [-0.1, -0.05) is 24.3 Å². The number of hydrogen-bond acceptors (Lipinski definition) is 5. The third-order valence-corrected chi connectivity index (χ3v) is 4.31. The molecule has 27 heavy (non-hydrogen) atoms. The van der Waals surface area contributed by atoms with E-state index in [1.807, 2.05) is 12.1 Å². The molecule has 0 saturated heterocycles. The number of aromatic amines is 1. The van der Waals surface area contributed by atoms with Crippen LogP contribution in [-0.4, -0.2) is 28.8 Å². The van der Waals surface area contributed by atoms with Crippen LogP contribution in [0.4, 0.5) is 18.9 Å². The number of H-pyrrole nitrogens is 1. The summed E-state index contributed by atoms with van der Waals surface area (Å²) >= 11 is 0. The molecule has 0 radical (unpaired) electrons. The average molecular weight is 382 g/mol. The van der Waals surface area contributed by atoms with Gasteiger partial charge in [0.25, 0.3) is 5.56 Å². The highest BCUT2D eigenvalue weighted by atomic mass is 19.4. The van der Waals surface area contributed by atoms with E-state index in [-0.39, 0.29) is 13.0 Å². The summed E-state index contributed by atoms with van der Waals surface area (Å²) < 4.78 is 45.6. The Bertz CT molecular complexity index is 897. The SMILES string of the molecule is NC(=O)CCO[C@H]1Cc2ccccc2C1Nc1cn[nH]c(=O)c1C(F)(F)F. The minimum Gasteiger partial charge on any atom is -0.375 e. The number of benzene rings is 1. The molecule has 0 aliphatic heterocycles. The number of rotatable bonds is 6. The van der Waals surface area contributed by atoms with Gasteiger partial charge in [0.15, 0.2) is 0 Å². The molecule has 3 rings (SSSR count). The van der Waals surface area contributed by atoms with Gasteiger partial charge in [-0.15, -0.1) is 0 Å². The Hall–Kier alpha value is -2.88. The summed E-state index contributed by atoms with van der Waals surface area (Å²) in [4.78, 5) is 22.6. The third-order valence-electron chi connectivity index (χ3n) is 4.31. The maximum atomic E-state index is 13.3. The lowest BCUT2D eigenvalue weighted by molar-refractivity contribution is -0.138. The summed E-state index contributed by atoms with van der Waals surface area (Å²) in [5, 5.41) is 8.02. The monoisotopic (exact) mass is 382 g/mol. The van der Waals surface area contributed by atoms with Crippen LogP contribution in [0.25, 0.3) is 0 Å². The van der Waals surface area contributed by atoms with Crippen molar-refractivity contribution in [3.8, 4) is 0 Å². The zero-order chi connectivity index (χ0) is 19.6. The van der Waals surface area contributed by atoms with Crippen LogP contribution in [0.1, 0.15) is 29.2 Å². The van der Waals surface area contributed by atoms with E-state index in [9.17, 15) is 22.8 Å². The molecule has 0 bridgehead atoms. The number of primary amides is 1. The van der Waals surface area contributed by atoms with Gasteiger partial charge in [0, 0.05) is 12.8 Å². The van der Waals surface area contributed by atoms with Gasteiger partial charge >= 0.3 is 6.18 Å². The number of alkyl halides is 3. The highest BCUT2D eigenvalue weighted by Crippen LogP contribution is 2.38. The molecule has 1 aliphatic carbocycles. The van der Waals surface area contributed by atoms with Crippen LogP contribution in [-0.2, 0) is 22.1 Å². The van der Waals surface area contributed by atoms with Gasteiger partial charge in [0.05, 0.1) is 30.6 Å². The molecule has 144 valence electrons. The number of nitrogens with zero attached hydrogens (tertiary/aromatic N) is 1. The lowest BCUT2D eigenvalue weighted by Crippen LogP contribution is -2.30. The van der Waals surface area contributed by atoms with E-state index in [1.54, 1.807) is 17.2 Å². The lowest BCUT2D eigenvalue weighted by Gasteiger charge is -2.24. The summed E-state index contributed by atoms with van der Waals surface area (Å²) in [6, 6.07) is 6.57. The minimum atomic E-state index is -4.85. The van der Waals surface area contributed by atoms with Gasteiger partial charge in [0.1, 0.15) is 5.56 Å². The van der Waals surface area contributed by atoms with Gasteiger partial charge in [-0.2, -0.15) is 18.3 Å². The van der Waals surface area contributed by atoms with Crippen LogP contribution >= 0.6 is 0 Å². The molecular weight excluding hydrogens is 365 g/mol. The van der Waals surface area contributed by atoms with Crippen molar-refractivity contribution >= 4 is 11.6 Å². The molecule has 2 aromatic rings. The summed E-state index contributed by atoms with van der Waals surface area (Å²) in [5.74, 6) is -0.534. The topological polar surface area (TPSA) is 110 Å². The predicted molar refractivity (Wildman–Crippen MR) is 89.9 cm³/mol. The van der Waals surface area contributed by atoms with E-state index in [0.717, 1.165) is 17.3 Å². The number of ether oxygens (including phenoxy) is 1. The molecule has 4 N–H and O–H groups in total. The standard InChI is InChI=1S/C17H17F3N4O3/c18-17(19,20)14-11(8-22-24-16(14)26)23-15-10-4-2-1-3-9(10)7-12(15)27-6-5-13(21)25/h1-4,8,12,15H,5-7H2,(H2,21,25)(H2,23,24,26)/t12-,15?/m0/s1. The number of halogens is 3. The van der Waals surface area contributed by atoms with Crippen molar-refractivity contribution < 1.29 is 22.7 Å². The third kappa shape index (κ3) is 4.11. The van der Waals surface area contributed by atoms with Crippen LogP contribution in [0.3, 0.4) is 0 Å². The molecule has 2 atom stereocenters.